The highest BCUT2D eigenvalue weighted by atomic mass is 32.1. The third-order valence-corrected chi connectivity index (χ3v) is 4.37. The monoisotopic (exact) mass is 263 g/mol. The van der Waals surface area contributed by atoms with Gasteiger partial charge in [-0.05, 0) is 39.4 Å². The van der Waals surface area contributed by atoms with E-state index in [4.69, 9.17) is 0 Å². The fourth-order valence-electron chi connectivity index (χ4n) is 2.37. The molecule has 0 aliphatic rings. The summed E-state index contributed by atoms with van der Waals surface area (Å²) in [5, 5.41) is 8.11. The molecule has 0 saturated carbocycles. The van der Waals surface area contributed by atoms with E-state index in [1.165, 1.54) is 21.0 Å². The predicted molar refractivity (Wildman–Crippen MR) is 77.3 cm³/mol. The average Bonchev–Trinajstić information content (AvgIpc) is 2.83. The molecule has 1 N–H and O–H groups in total. The predicted octanol–water partition coefficient (Wildman–Crippen LogP) is 3.11. The standard InChI is InChI=1S/C14H21N3S/c1-6-15-14(12-8-7-9(2)18-12)13-10(3)16-17(5)11(13)4/h7-8,14-15H,6H2,1-5H3. The van der Waals surface area contributed by atoms with Gasteiger partial charge in [-0.3, -0.25) is 4.68 Å². The zero-order chi connectivity index (χ0) is 13.3. The zero-order valence-corrected chi connectivity index (χ0v) is 12.6. The first kappa shape index (κ1) is 13.3. The van der Waals surface area contributed by atoms with Crippen LogP contribution in [0, 0.1) is 20.8 Å². The molecular weight excluding hydrogens is 242 g/mol. The van der Waals surface area contributed by atoms with E-state index in [0.717, 1.165) is 12.2 Å². The fourth-order valence-corrected chi connectivity index (χ4v) is 3.33. The van der Waals surface area contributed by atoms with Crippen molar-refractivity contribution in [2.24, 2.45) is 7.05 Å². The Morgan fingerprint density at radius 2 is 2.06 bits per heavy atom. The van der Waals surface area contributed by atoms with Gasteiger partial charge in [-0.25, -0.2) is 0 Å². The van der Waals surface area contributed by atoms with Gasteiger partial charge in [-0.15, -0.1) is 11.3 Å². The largest absolute Gasteiger partial charge is 0.306 e. The highest BCUT2D eigenvalue weighted by Crippen LogP contribution is 2.31. The minimum Gasteiger partial charge on any atom is -0.306 e. The number of nitrogens with one attached hydrogen (secondary N) is 1. The smallest absolute Gasteiger partial charge is 0.0707 e. The van der Waals surface area contributed by atoms with E-state index in [-0.39, 0.29) is 6.04 Å². The second kappa shape index (κ2) is 5.24. The normalized spacial score (nSPS) is 12.9. The first-order valence-electron chi connectivity index (χ1n) is 6.34. The summed E-state index contributed by atoms with van der Waals surface area (Å²) in [6, 6.07) is 4.67. The number of hydrogen-bond donors (Lipinski definition) is 1. The van der Waals surface area contributed by atoms with Crippen LogP contribution in [0.5, 0.6) is 0 Å². The van der Waals surface area contributed by atoms with Gasteiger partial charge in [-0.1, -0.05) is 6.92 Å². The van der Waals surface area contributed by atoms with Crippen LogP contribution in [0.4, 0.5) is 0 Å². The SMILES string of the molecule is CCNC(c1ccc(C)s1)c1c(C)nn(C)c1C. The highest BCUT2D eigenvalue weighted by molar-refractivity contribution is 7.12. The van der Waals surface area contributed by atoms with Crippen LogP contribution in [0.3, 0.4) is 0 Å². The third-order valence-electron chi connectivity index (χ3n) is 3.31. The van der Waals surface area contributed by atoms with Gasteiger partial charge >= 0.3 is 0 Å². The van der Waals surface area contributed by atoms with Crippen LogP contribution in [-0.2, 0) is 7.05 Å². The molecule has 0 bridgehead atoms. The van der Waals surface area contributed by atoms with Crippen molar-refractivity contribution in [3.63, 3.8) is 0 Å². The highest BCUT2D eigenvalue weighted by Gasteiger charge is 2.22. The lowest BCUT2D eigenvalue weighted by molar-refractivity contribution is 0.631. The number of thiophene rings is 1. The van der Waals surface area contributed by atoms with Crippen molar-refractivity contribution >= 4 is 11.3 Å². The Balaban J connectivity index is 2.47. The molecule has 2 aromatic heterocycles. The molecule has 0 radical (unpaired) electrons. The molecule has 0 amide bonds. The van der Waals surface area contributed by atoms with E-state index in [9.17, 15) is 0 Å². The quantitative estimate of drug-likeness (QED) is 0.918. The van der Waals surface area contributed by atoms with Gasteiger partial charge in [0, 0.05) is 28.1 Å². The molecule has 98 valence electrons. The van der Waals surface area contributed by atoms with E-state index in [2.05, 4.69) is 50.2 Å². The fraction of sp³-hybridized carbons (Fsp3) is 0.500. The van der Waals surface area contributed by atoms with Crippen LogP contribution in [0.2, 0.25) is 0 Å². The van der Waals surface area contributed by atoms with Crippen molar-refractivity contribution in [3.8, 4) is 0 Å². The summed E-state index contributed by atoms with van der Waals surface area (Å²) in [7, 11) is 2.01. The first-order valence-corrected chi connectivity index (χ1v) is 7.16. The van der Waals surface area contributed by atoms with E-state index >= 15 is 0 Å². The molecular formula is C14H21N3S. The Kier molecular flexibility index (Phi) is 3.88. The summed E-state index contributed by atoms with van der Waals surface area (Å²) in [4.78, 5) is 2.72. The van der Waals surface area contributed by atoms with Gasteiger partial charge < -0.3 is 5.32 Å². The maximum absolute atomic E-state index is 4.53. The van der Waals surface area contributed by atoms with Gasteiger partial charge in [0.25, 0.3) is 0 Å². The van der Waals surface area contributed by atoms with Gasteiger partial charge in [0.15, 0.2) is 0 Å². The number of nitrogens with zero attached hydrogens (tertiary/aromatic N) is 2. The van der Waals surface area contributed by atoms with Crippen LogP contribution in [0.15, 0.2) is 12.1 Å². The summed E-state index contributed by atoms with van der Waals surface area (Å²) in [5.41, 5.74) is 3.68. The molecule has 2 heterocycles. The minimum absolute atomic E-state index is 0.266. The molecule has 0 aromatic carbocycles. The van der Waals surface area contributed by atoms with Crippen LogP contribution in [0.1, 0.15) is 39.7 Å². The van der Waals surface area contributed by atoms with Gasteiger partial charge in [0.05, 0.1) is 11.7 Å². The lowest BCUT2D eigenvalue weighted by atomic mass is 10.0. The summed E-state index contributed by atoms with van der Waals surface area (Å²) < 4.78 is 1.97. The molecule has 0 aliphatic heterocycles. The van der Waals surface area contributed by atoms with Crippen molar-refractivity contribution in [2.45, 2.75) is 33.7 Å². The molecule has 2 rings (SSSR count). The Morgan fingerprint density at radius 3 is 2.50 bits per heavy atom. The van der Waals surface area contributed by atoms with Gasteiger partial charge in [0.2, 0.25) is 0 Å². The van der Waals surface area contributed by atoms with Crippen molar-refractivity contribution in [3.05, 3.63) is 38.8 Å². The summed E-state index contributed by atoms with van der Waals surface area (Å²) >= 11 is 1.86. The first-order chi connectivity index (χ1) is 8.54. The Labute approximate surface area is 113 Å². The van der Waals surface area contributed by atoms with Crippen LogP contribution >= 0.6 is 11.3 Å². The third kappa shape index (κ3) is 2.35. The maximum Gasteiger partial charge on any atom is 0.0707 e. The summed E-state index contributed by atoms with van der Waals surface area (Å²) in [6.07, 6.45) is 0. The van der Waals surface area contributed by atoms with Gasteiger partial charge in [0.1, 0.15) is 0 Å². The minimum atomic E-state index is 0.266. The lowest BCUT2D eigenvalue weighted by Crippen LogP contribution is -2.22. The average molecular weight is 263 g/mol. The maximum atomic E-state index is 4.53. The second-order valence-electron chi connectivity index (χ2n) is 4.65. The van der Waals surface area contributed by atoms with Crippen molar-refractivity contribution in [2.75, 3.05) is 6.54 Å². The van der Waals surface area contributed by atoms with Crippen molar-refractivity contribution in [1.82, 2.24) is 15.1 Å². The molecule has 0 saturated heterocycles. The second-order valence-corrected chi connectivity index (χ2v) is 5.97. The number of aryl methyl sites for hydroxylation is 3. The molecule has 3 nitrogen and oxygen atoms in total. The summed E-state index contributed by atoms with van der Waals surface area (Å²) in [5.74, 6) is 0. The van der Waals surface area contributed by atoms with Crippen LogP contribution < -0.4 is 5.32 Å². The summed E-state index contributed by atoms with van der Waals surface area (Å²) in [6.45, 7) is 9.48. The Bertz CT molecular complexity index is 539. The molecule has 18 heavy (non-hydrogen) atoms. The van der Waals surface area contributed by atoms with E-state index < -0.39 is 0 Å². The molecule has 0 fully saturated rings. The molecule has 0 spiro atoms. The van der Waals surface area contributed by atoms with Gasteiger partial charge in [-0.2, -0.15) is 5.10 Å². The van der Waals surface area contributed by atoms with Crippen molar-refractivity contribution < 1.29 is 0 Å². The molecule has 2 aromatic rings. The number of aromatic nitrogens is 2. The Morgan fingerprint density at radius 1 is 1.33 bits per heavy atom. The lowest BCUT2D eigenvalue weighted by Gasteiger charge is -2.17. The molecule has 1 unspecified atom stereocenters. The van der Waals surface area contributed by atoms with E-state index in [1.54, 1.807) is 0 Å². The molecule has 0 aliphatic carbocycles. The zero-order valence-electron chi connectivity index (χ0n) is 11.7. The molecule has 4 heteroatoms. The number of rotatable bonds is 4. The number of hydrogen-bond acceptors (Lipinski definition) is 3. The van der Waals surface area contributed by atoms with Crippen molar-refractivity contribution in [1.29, 1.82) is 0 Å². The molecule has 1 atom stereocenters. The van der Waals surface area contributed by atoms with E-state index in [0.29, 0.717) is 0 Å². The van der Waals surface area contributed by atoms with E-state index in [1.807, 2.05) is 23.1 Å². The Hall–Kier alpha value is -1.13. The van der Waals surface area contributed by atoms with Crippen LogP contribution in [0.25, 0.3) is 0 Å². The topological polar surface area (TPSA) is 29.9 Å². The van der Waals surface area contributed by atoms with Crippen LogP contribution in [-0.4, -0.2) is 16.3 Å².